The molecule has 0 rings (SSSR count). The monoisotopic (exact) mass is 250 g/mol. The smallest absolute Gasteiger partial charge is 0.125 e. The molecule has 0 radical (unpaired) electrons. The van der Waals surface area contributed by atoms with Gasteiger partial charge in [0.25, 0.3) is 0 Å². The van der Waals surface area contributed by atoms with Crippen LogP contribution in [0.2, 0.25) is 0 Å². The molecule has 0 aromatic carbocycles. The Balaban J connectivity index is -0.000000212. The number of nitriles is 2. The molecule has 4 nitrogen and oxygen atoms in total. The molecule has 0 aromatic rings. The molecule has 18 heavy (non-hydrogen) atoms. The molecular formula is C14H22N2O2. The number of rotatable bonds is 4. The Bertz CT molecular complexity index is 307. The summed E-state index contributed by atoms with van der Waals surface area (Å²) < 4.78 is 0. The van der Waals surface area contributed by atoms with Gasteiger partial charge in [-0.1, -0.05) is 34.3 Å². The van der Waals surface area contributed by atoms with Crippen molar-refractivity contribution < 1.29 is 9.59 Å². The minimum absolute atomic E-state index is 0.204. The zero-order valence-corrected chi connectivity index (χ0v) is 11.6. The Morgan fingerprint density at radius 2 is 1.67 bits per heavy atom. The summed E-state index contributed by atoms with van der Waals surface area (Å²) in [6.45, 7) is 10.5. The minimum Gasteiger partial charge on any atom is -0.303 e. The van der Waals surface area contributed by atoms with Gasteiger partial charge in [-0.2, -0.15) is 10.5 Å². The summed E-state index contributed by atoms with van der Waals surface area (Å²) in [7, 11) is 0. The van der Waals surface area contributed by atoms with Gasteiger partial charge in [-0.15, -0.1) is 0 Å². The maximum absolute atomic E-state index is 10.2. The second kappa shape index (κ2) is 15.1. The molecule has 4 heteroatoms. The van der Waals surface area contributed by atoms with Crippen LogP contribution in [0.1, 0.15) is 40.5 Å². The fourth-order valence-corrected chi connectivity index (χ4v) is 0.437. The molecule has 0 amide bonds. The number of nitrogens with zero attached hydrogens (tertiary/aromatic N) is 2. The van der Waals surface area contributed by atoms with Crippen LogP contribution < -0.4 is 0 Å². The van der Waals surface area contributed by atoms with Crippen LogP contribution in [-0.2, 0) is 9.59 Å². The third-order valence-corrected chi connectivity index (χ3v) is 1.56. The molecular weight excluding hydrogens is 228 g/mol. The van der Waals surface area contributed by atoms with Crippen molar-refractivity contribution in [2.45, 2.75) is 40.5 Å². The Labute approximate surface area is 110 Å². The summed E-state index contributed by atoms with van der Waals surface area (Å²) in [5.74, 6) is 0.204. The molecule has 0 spiro atoms. The normalized spacial score (nSPS) is 8.39. The third kappa shape index (κ3) is 29.2. The summed E-state index contributed by atoms with van der Waals surface area (Å²) in [4.78, 5) is 19.7. The lowest BCUT2D eigenvalue weighted by atomic mass is 9.90. The predicted molar refractivity (Wildman–Crippen MR) is 71.4 cm³/mol. The van der Waals surface area contributed by atoms with Crippen molar-refractivity contribution in [3.63, 3.8) is 0 Å². The van der Waals surface area contributed by atoms with Crippen molar-refractivity contribution >= 4 is 12.6 Å². The van der Waals surface area contributed by atoms with E-state index < -0.39 is 0 Å². The van der Waals surface area contributed by atoms with Crippen molar-refractivity contribution in [2.24, 2.45) is 11.3 Å². The highest BCUT2D eigenvalue weighted by Gasteiger charge is 2.14. The van der Waals surface area contributed by atoms with E-state index in [2.05, 4.69) is 6.58 Å². The molecule has 0 aliphatic rings. The Kier molecular flexibility index (Phi) is 17.9. The Morgan fingerprint density at radius 1 is 1.28 bits per heavy atom. The van der Waals surface area contributed by atoms with E-state index in [1.54, 1.807) is 6.07 Å². The van der Waals surface area contributed by atoms with E-state index in [-0.39, 0.29) is 11.3 Å². The van der Waals surface area contributed by atoms with E-state index in [0.717, 1.165) is 12.6 Å². The Hall–Kier alpha value is -1.94. The van der Waals surface area contributed by atoms with Crippen LogP contribution in [0.15, 0.2) is 12.7 Å². The maximum Gasteiger partial charge on any atom is 0.125 e. The average Bonchev–Trinajstić information content (AvgIpc) is 2.37. The van der Waals surface area contributed by atoms with E-state index in [9.17, 15) is 9.59 Å². The highest BCUT2D eigenvalue weighted by Crippen LogP contribution is 2.17. The van der Waals surface area contributed by atoms with Crippen LogP contribution in [0.3, 0.4) is 0 Å². The molecule has 0 aromatic heterocycles. The zero-order valence-electron chi connectivity index (χ0n) is 11.6. The van der Waals surface area contributed by atoms with Crippen LogP contribution in [0.5, 0.6) is 0 Å². The predicted octanol–water partition coefficient (Wildman–Crippen LogP) is 3.05. The van der Waals surface area contributed by atoms with E-state index in [0.29, 0.717) is 12.8 Å². The van der Waals surface area contributed by atoms with Crippen LogP contribution in [0.4, 0.5) is 0 Å². The molecule has 0 saturated carbocycles. The van der Waals surface area contributed by atoms with Gasteiger partial charge in [-0.25, -0.2) is 0 Å². The van der Waals surface area contributed by atoms with Crippen LogP contribution in [0.25, 0.3) is 0 Å². The van der Waals surface area contributed by atoms with E-state index in [1.807, 2.05) is 33.8 Å². The lowest BCUT2D eigenvalue weighted by molar-refractivity contribution is -0.115. The summed E-state index contributed by atoms with van der Waals surface area (Å²) in [6.07, 6.45) is 4.11. The molecule has 0 heterocycles. The fourth-order valence-electron chi connectivity index (χ4n) is 0.437. The molecule has 100 valence electrons. The van der Waals surface area contributed by atoms with Crippen LogP contribution in [-0.4, -0.2) is 12.6 Å². The minimum atomic E-state index is -0.310. The van der Waals surface area contributed by atoms with Gasteiger partial charge in [-0.05, 0) is 6.42 Å². The van der Waals surface area contributed by atoms with Gasteiger partial charge in [0.2, 0.25) is 0 Å². The van der Waals surface area contributed by atoms with Crippen molar-refractivity contribution in [3.8, 4) is 12.1 Å². The number of allylic oxidation sites excluding steroid dienone is 1. The first-order chi connectivity index (χ1) is 8.31. The van der Waals surface area contributed by atoms with E-state index in [4.69, 9.17) is 10.5 Å². The Morgan fingerprint density at radius 3 is 1.83 bits per heavy atom. The molecule has 0 fully saturated rings. The van der Waals surface area contributed by atoms with E-state index >= 15 is 0 Å². The molecule has 0 atom stereocenters. The summed E-state index contributed by atoms with van der Waals surface area (Å²) >= 11 is 0. The number of carbonyl (C=O) groups is 2. The first-order valence-corrected chi connectivity index (χ1v) is 5.60. The highest BCUT2D eigenvalue weighted by molar-refractivity contribution is 5.57. The lowest BCUT2D eigenvalue weighted by Gasteiger charge is -2.12. The van der Waals surface area contributed by atoms with E-state index in [1.165, 1.54) is 6.08 Å². The van der Waals surface area contributed by atoms with Gasteiger partial charge in [0.05, 0.1) is 12.1 Å². The number of aldehydes is 2. The first kappa shape index (κ1) is 21.4. The maximum atomic E-state index is 10.2. The third-order valence-electron chi connectivity index (χ3n) is 1.56. The average molecular weight is 250 g/mol. The molecule has 0 N–H and O–H groups in total. The second-order valence-corrected chi connectivity index (χ2v) is 4.48. The number of hydrogen-bond donors (Lipinski definition) is 0. The van der Waals surface area contributed by atoms with Gasteiger partial charge in [0.15, 0.2) is 0 Å². The van der Waals surface area contributed by atoms with Crippen LogP contribution in [0, 0.1) is 34.0 Å². The van der Waals surface area contributed by atoms with Gasteiger partial charge in [-0.3, -0.25) is 0 Å². The van der Waals surface area contributed by atoms with Crippen LogP contribution >= 0.6 is 0 Å². The second-order valence-electron chi connectivity index (χ2n) is 4.48. The zero-order chi connectivity index (χ0) is 15.0. The van der Waals surface area contributed by atoms with Crippen molar-refractivity contribution in [2.75, 3.05) is 0 Å². The number of carbonyl (C=O) groups excluding carboxylic acids is 2. The molecule has 0 aliphatic heterocycles. The summed E-state index contributed by atoms with van der Waals surface area (Å²) in [5.41, 5.74) is -0.310. The van der Waals surface area contributed by atoms with Gasteiger partial charge >= 0.3 is 0 Å². The highest BCUT2D eigenvalue weighted by atomic mass is 16.1. The molecule has 0 unspecified atom stereocenters. The first-order valence-electron chi connectivity index (χ1n) is 5.60. The largest absolute Gasteiger partial charge is 0.303 e. The fraction of sp³-hybridized carbons (Fsp3) is 0.571. The molecule has 0 aliphatic carbocycles. The van der Waals surface area contributed by atoms with Crippen molar-refractivity contribution in [1.29, 1.82) is 10.5 Å². The van der Waals surface area contributed by atoms with Crippen molar-refractivity contribution in [1.82, 2.24) is 0 Å². The molecule has 0 bridgehead atoms. The lowest BCUT2D eigenvalue weighted by Crippen LogP contribution is -2.11. The quantitative estimate of drug-likeness (QED) is 0.567. The van der Waals surface area contributed by atoms with Gasteiger partial charge < -0.3 is 9.59 Å². The SMILES string of the molecule is C=CC#N.CC(C)(C=O)CCC#N.CC(C)C=O. The van der Waals surface area contributed by atoms with Crippen molar-refractivity contribution in [3.05, 3.63) is 12.7 Å². The van der Waals surface area contributed by atoms with Gasteiger partial charge in [0.1, 0.15) is 12.6 Å². The molecule has 0 saturated heterocycles. The number of hydrogen-bond acceptors (Lipinski definition) is 4. The van der Waals surface area contributed by atoms with Gasteiger partial charge in [0, 0.05) is 23.8 Å². The standard InChI is InChI=1S/C7H11NO.C4H8O.C3H3N/c1-7(2,6-9)4-3-5-8;1-4(2)3-5;1-2-3-4/h6H,3-4H2,1-2H3;3-4H,1-2H3;2H,1H2. The summed E-state index contributed by atoms with van der Waals surface area (Å²) in [6, 6.07) is 3.69. The summed E-state index contributed by atoms with van der Waals surface area (Å²) in [5, 5.41) is 15.7. The topological polar surface area (TPSA) is 81.7 Å².